The molecule has 0 spiro atoms. The lowest BCUT2D eigenvalue weighted by atomic mass is 10.0. The number of ether oxygens (including phenoxy) is 2. The van der Waals surface area contributed by atoms with E-state index in [2.05, 4.69) is 6.92 Å². The second-order valence-corrected chi connectivity index (χ2v) is 4.49. The largest absolute Gasteiger partial charge is 0.379 e. The molecule has 0 aromatic heterocycles. The normalized spacial score (nSPS) is 35.4. The molecule has 3 atom stereocenters. The summed E-state index contributed by atoms with van der Waals surface area (Å²) in [7, 11) is 0. The van der Waals surface area contributed by atoms with Crippen LogP contribution in [0.1, 0.15) is 13.3 Å². The summed E-state index contributed by atoms with van der Waals surface area (Å²) in [5.74, 6) is -0.0256. The fraction of sp³-hybridized carbons (Fsp3) is 0.909. The van der Waals surface area contributed by atoms with Crippen molar-refractivity contribution in [2.24, 2.45) is 11.7 Å². The van der Waals surface area contributed by atoms with Crippen LogP contribution in [0.3, 0.4) is 0 Å². The summed E-state index contributed by atoms with van der Waals surface area (Å²) in [6.45, 7) is 5.04. The van der Waals surface area contributed by atoms with Crippen molar-refractivity contribution in [3.63, 3.8) is 0 Å². The minimum absolute atomic E-state index is 0.131. The van der Waals surface area contributed by atoms with Crippen LogP contribution in [-0.4, -0.2) is 55.9 Å². The zero-order valence-corrected chi connectivity index (χ0v) is 9.72. The Hall–Kier alpha value is -0.650. The fourth-order valence-corrected chi connectivity index (χ4v) is 2.23. The molecule has 2 saturated heterocycles. The Morgan fingerprint density at radius 1 is 1.50 bits per heavy atom. The van der Waals surface area contributed by atoms with Crippen molar-refractivity contribution in [3.8, 4) is 0 Å². The molecule has 0 aliphatic carbocycles. The molecule has 0 aromatic carbocycles. The Kier molecular flexibility index (Phi) is 3.78. The number of nitrogens with zero attached hydrogens (tertiary/aromatic N) is 1. The van der Waals surface area contributed by atoms with E-state index in [0.717, 1.165) is 6.42 Å². The predicted molar refractivity (Wildman–Crippen MR) is 58.9 cm³/mol. The number of morpholine rings is 1. The zero-order chi connectivity index (χ0) is 11.5. The van der Waals surface area contributed by atoms with Gasteiger partial charge in [-0.05, 0) is 6.42 Å². The van der Waals surface area contributed by atoms with Crippen molar-refractivity contribution in [2.75, 3.05) is 32.9 Å². The molecule has 2 aliphatic rings. The number of hydrogen-bond acceptors (Lipinski definition) is 4. The molecular weight excluding hydrogens is 208 g/mol. The van der Waals surface area contributed by atoms with Crippen LogP contribution in [0.15, 0.2) is 0 Å². The molecule has 2 aliphatic heterocycles. The molecule has 0 radical (unpaired) electrons. The third kappa shape index (κ3) is 2.36. The van der Waals surface area contributed by atoms with Gasteiger partial charge in [-0.2, -0.15) is 0 Å². The van der Waals surface area contributed by atoms with E-state index in [0.29, 0.717) is 32.9 Å². The van der Waals surface area contributed by atoms with E-state index in [1.807, 2.05) is 4.90 Å². The first-order valence-electron chi connectivity index (χ1n) is 5.96. The van der Waals surface area contributed by atoms with Gasteiger partial charge in [0, 0.05) is 19.1 Å². The van der Waals surface area contributed by atoms with Gasteiger partial charge in [-0.25, -0.2) is 0 Å². The molecule has 5 heteroatoms. The van der Waals surface area contributed by atoms with E-state index in [1.54, 1.807) is 0 Å². The van der Waals surface area contributed by atoms with Crippen LogP contribution in [0.25, 0.3) is 0 Å². The first-order chi connectivity index (χ1) is 7.72. The Bertz CT molecular complexity index is 260. The maximum Gasteiger partial charge on any atom is 0.229 e. The topological polar surface area (TPSA) is 64.8 Å². The van der Waals surface area contributed by atoms with Crippen molar-refractivity contribution in [1.82, 2.24) is 4.90 Å². The van der Waals surface area contributed by atoms with Crippen molar-refractivity contribution in [2.45, 2.75) is 25.5 Å². The highest BCUT2D eigenvalue weighted by Gasteiger charge is 2.35. The standard InChI is InChI=1S/C11H20N2O3/c1-2-8-5-13(3-4-16-8)11(14)9-6-15-7-10(9)12/h8-10H,2-7,12H2,1H3. The second kappa shape index (κ2) is 5.12. The Morgan fingerprint density at radius 2 is 2.31 bits per heavy atom. The van der Waals surface area contributed by atoms with E-state index in [-0.39, 0.29) is 24.0 Å². The second-order valence-electron chi connectivity index (χ2n) is 4.49. The average Bonchev–Trinajstić information content (AvgIpc) is 2.74. The van der Waals surface area contributed by atoms with Crippen LogP contribution < -0.4 is 5.73 Å². The summed E-state index contributed by atoms with van der Waals surface area (Å²) in [4.78, 5) is 14.1. The molecule has 1 amide bonds. The Balaban J connectivity index is 1.93. The van der Waals surface area contributed by atoms with Gasteiger partial charge in [0.05, 0.1) is 31.8 Å². The van der Waals surface area contributed by atoms with Gasteiger partial charge in [-0.3, -0.25) is 4.79 Å². The SMILES string of the molecule is CCC1CN(C(=O)C2COCC2N)CCO1. The third-order valence-corrected chi connectivity index (χ3v) is 3.35. The Labute approximate surface area is 95.9 Å². The summed E-state index contributed by atoms with van der Waals surface area (Å²) in [6, 6.07) is -0.143. The number of rotatable bonds is 2. The first-order valence-corrected chi connectivity index (χ1v) is 5.96. The van der Waals surface area contributed by atoms with Crippen molar-refractivity contribution < 1.29 is 14.3 Å². The smallest absolute Gasteiger partial charge is 0.229 e. The summed E-state index contributed by atoms with van der Waals surface area (Å²) >= 11 is 0. The molecule has 2 N–H and O–H groups in total. The maximum absolute atomic E-state index is 12.2. The van der Waals surface area contributed by atoms with E-state index in [9.17, 15) is 4.79 Å². The van der Waals surface area contributed by atoms with Crippen LogP contribution in [0, 0.1) is 5.92 Å². The van der Waals surface area contributed by atoms with E-state index >= 15 is 0 Å². The molecular formula is C11H20N2O3. The minimum atomic E-state index is -0.157. The van der Waals surface area contributed by atoms with Gasteiger partial charge in [0.2, 0.25) is 5.91 Å². The summed E-state index contributed by atoms with van der Waals surface area (Å²) in [6.07, 6.45) is 1.12. The fourth-order valence-electron chi connectivity index (χ4n) is 2.23. The minimum Gasteiger partial charge on any atom is -0.379 e. The molecule has 0 bridgehead atoms. The molecule has 3 unspecified atom stereocenters. The van der Waals surface area contributed by atoms with Gasteiger partial charge in [0.15, 0.2) is 0 Å². The number of nitrogens with two attached hydrogens (primary N) is 1. The highest BCUT2D eigenvalue weighted by molar-refractivity contribution is 5.80. The molecule has 16 heavy (non-hydrogen) atoms. The van der Waals surface area contributed by atoms with Crippen LogP contribution in [0.4, 0.5) is 0 Å². The highest BCUT2D eigenvalue weighted by atomic mass is 16.5. The number of amides is 1. The molecule has 92 valence electrons. The molecule has 0 saturated carbocycles. The van der Waals surface area contributed by atoms with Gasteiger partial charge in [0.25, 0.3) is 0 Å². The van der Waals surface area contributed by atoms with Gasteiger partial charge in [-0.1, -0.05) is 6.92 Å². The van der Waals surface area contributed by atoms with Crippen molar-refractivity contribution >= 4 is 5.91 Å². The maximum atomic E-state index is 12.2. The number of carbonyl (C=O) groups excluding carboxylic acids is 1. The van der Waals surface area contributed by atoms with Gasteiger partial charge >= 0.3 is 0 Å². The lowest BCUT2D eigenvalue weighted by Gasteiger charge is -2.34. The lowest BCUT2D eigenvalue weighted by Crippen LogP contribution is -2.50. The van der Waals surface area contributed by atoms with Gasteiger partial charge < -0.3 is 20.1 Å². The molecule has 2 heterocycles. The van der Waals surface area contributed by atoms with Crippen LogP contribution in [0.2, 0.25) is 0 Å². The van der Waals surface area contributed by atoms with Gasteiger partial charge in [-0.15, -0.1) is 0 Å². The number of hydrogen-bond donors (Lipinski definition) is 1. The van der Waals surface area contributed by atoms with Crippen LogP contribution in [-0.2, 0) is 14.3 Å². The van der Waals surface area contributed by atoms with Crippen LogP contribution in [0.5, 0.6) is 0 Å². The van der Waals surface area contributed by atoms with Gasteiger partial charge in [0.1, 0.15) is 0 Å². The molecule has 2 fully saturated rings. The quantitative estimate of drug-likeness (QED) is 0.698. The monoisotopic (exact) mass is 228 g/mol. The van der Waals surface area contributed by atoms with Crippen LogP contribution >= 0.6 is 0 Å². The Morgan fingerprint density at radius 3 is 2.94 bits per heavy atom. The molecule has 5 nitrogen and oxygen atoms in total. The number of carbonyl (C=O) groups is 1. The molecule has 2 rings (SSSR count). The summed E-state index contributed by atoms with van der Waals surface area (Å²) in [5, 5.41) is 0. The first kappa shape index (κ1) is 11.8. The van der Waals surface area contributed by atoms with E-state index in [4.69, 9.17) is 15.2 Å². The zero-order valence-electron chi connectivity index (χ0n) is 9.72. The predicted octanol–water partition coefficient (Wildman–Crippen LogP) is -0.402. The van der Waals surface area contributed by atoms with Crippen molar-refractivity contribution in [3.05, 3.63) is 0 Å². The van der Waals surface area contributed by atoms with Crippen molar-refractivity contribution in [1.29, 1.82) is 0 Å². The van der Waals surface area contributed by atoms with E-state index < -0.39 is 0 Å². The lowest BCUT2D eigenvalue weighted by molar-refractivity contribution is -0.143. The van der Waals surface area contributed by atoms with E-state index in [1.165, 1.54) is 0 Å². The molecule has 0 aromatic rings. The summed E-state index contributed by atoms with van der Waals surface area (Å²) < 4.78 is 10.8. The highest BCUT2D eigenvalue weighted by Crippen LogP contribution is 2.17. The summed E-state index contributed by atoms with van der Waals surface area (Å²) in [5.41, 5.74) is 5.85. The average molecular weight is 228 g/mol. The third-order valence-electron chi connectivity index (χ3n) is 3.35.